The van der Waals surface area contributed by atoms with E-state index in [4.69, 9.17) is 0 Å². The molecule has 1 saturated carbocycles. The summed E-state index contributed by atoms with van der Waals surface area (Å²) in [6.07, 6.45) is 7.96. The van der Waals surface area contributed by atoms with Crippen molar-refractivity contribution >= 4 is 31.6 Å². The molecule has 2 unspecified atom stereocenters. The number of aliphatic imine (C=N–C) groups is 4. The van der Waals surface area contributed by atoms with Gasteiger partial charge >= 0.3 is 0 Å². The van der Waals surface area contributed by atoms with E-state index in [0.29, 0.717) is 25.3 Å². The maximum absolute atomic E-state index is 14.6. The van der Waals surface area contributed by atoms with Gasteiger partial charge in [-0.2, -0.15) is 0 Å². The van der Waals surface area contributed by atoms with Gasteiger partial charge in [-0.05, 0) is 66.8 Å². The molecule has 1 aromatic carbocycles. The summed E-state index contributed by atoms with van der Waals surface area (Å²) in [5.41, 5.74) is 2.27. The standard InChI is InChI=1S/C25H33F2N5/c1-25(2)6-11-32(17-25)23-13-18(12-22(26)24(23)27)20-14-21(20)19(15-29-4)16-31-10-9-30-8-5-7-28-3/h8,12-13,15-16,20-21H,3-7,9-11,14,17H2,1-2H3/b19-15+,30-8-,31-16-. The smallest absolute Gasteiger partial charge is 0.182 e. The van der Waals surface area contributed by atoms with Gasteiger partial charge in [-0.3, -0.25) is 15.0 Å². The van der Waals surface area contributed by atoms with Gasteiger partial charge in [0, 0.05) is 44.7 Å². The number of allylic oxidation sites excluding steroid dienone is 1. The van der Waals surface area contributed by atoms with Gasteiger partial charge in [0.25, 0.3) is 0 Å². The molecule has 7 heteroatoms. The van der Waals surface area contributed by atoms with E-state index in [-0.39, 0.29) is 17.3 Å². The van der Waals surface area contributed by atoms with Crippen LogP contribution in [0.3, 0.4) is 0 Å². The van der Waals surface area contributed by atoms with Gasteiger partial charge in [-0.25, -0.2) is 8.78 Å². The first-order valence-corrected chi connectivity index (χ1v) is 11.2. The van der Waals surface area contributed by atoms with Gasteiger partial charge in [-0.15, -0.1) is 0 Å². The summed E-state index contributed by atoms with van der Waals surface area (Å²) < 4.78 is 29.0. The molecule has 0 spiro atoms. The monoisotopic (exact) mass is 441 g/mol. The lowest BCUT2D eigenvalue weighted by Crippen LogP contribution is -2.24. The van der Waals surface area contributed by atoms with E-state index >= 15 is 0 Å². The Hall–Kier alpha value is -2.70. The van der Waals surface area contributed by atoms with Crippen LogP contribution >= 0.6 is 0 Å². The maximum atomic E-state index is 14.6. The number of anilines is 1. The molecule has 5 nitrogen and oxygen atoms in total. The van der Waals surface area contributed by atoms with Crippen LogP contribution in [0.25, 0.3) is 0 Å². The highest BCUT2D eigenvalue weighted by Gasteiger charge is 2.42. The summed E-state index contributed by atoms with van der Waals surface area (Å²) in [6.45, 7) is 14.6. The molecule has 0 aromatic heterocycles. The van der Waals surface area contributed by atoms with E-state index in [9.17, 15) is 8.78 Å². The first-order valence-electron chi connectivity index (χ1n) is 11.2. The molecule has 2 atom stereocenters. The van der Waals surface area contributed by atoms with Crippen LogP contribution in [-0.4, -0.2) is 58.6 Å². The van der Waals surface area contributed by atoms with Gasteiger partial charge in [0.15, 0.2) is 11.6 Å². The molecule has 3 rings (SSSR count). The quantitative estimate of drug-likeness (QED) is 0.347. The van der Waals surface area contributed by atoms with Crippen LogP contribution < -0.4 is 4.90 Å². The lowest BCUT2D eigenvalue weighted by atomic mass is 9.93. The predicted molar refractivity (Wildman–Crippen MR) is 131 cm³/mol. The minimum atomic E-state index is -0.779. The second-order valence-corrected chi connectivity index (χ2v) is 9.29. The van der Waals surface area contributed by atoms with Gasteiger partial charge in [0.05, 0.1) is 18.8 Å². The van der Waals surface area contributed by atoms with Crippen molar-refractivity contribution in [2.75, 3.05) is 37.6 Å². The third-order valence-electron chi connectivity index (χ3n) is 6.08. The Balaban J connectivity index is 1.65. The molecule has 1 aliphatic carbocycles. The highest BCUT2D eigenvalue weighted by Crippen LogP contribution is 2.52. The van der Waals surface area contributed by atoms with Crippen molar-refractivity contribution in [3.05, 3.63) is 41.1 Å². The highest BCUT2D eigenvalue weighted by molar-refractivity contribution is 5.80. The Labute approximate surface area is 189 Å². The molecule has 2 fully saturated rings. The summed E-state index contributed by atoms with van der Waals surface area (Å²) in [6, 6.07) is 3.17. The number of hydrogen-bond donors (Lipinski definition) is 0. The maximum Gasteiger partial charge on any atom is 0.182 e. The van der Waals surface area contributed by atoms with Crippen molar-refractivity contribution in [2.24, 2.45) is 31.3 Å². The van der Waals surface area contributed by atoms with Crippen LogP contribution in [0.5, 0.6) is 0 Å². The predicted octanol–water partition coefficient (Wildman–Crippen LogP) is 5.12. The minimum absolute atomic E-state index is 0.107. The first-order chi connectivity index (χ1) is 15.4. The van der Waals surface area contributed by atoms with Crippen molar-refractivity contribution in [3.8, 4) is 0 Å². The summed E-state index contributed by atoms with van der Waals surface area (Å²) in [4.78, 5) is 18.4. The van der Waals surface area contributed by atoms with Crippen molar-refractivity contribution in [2.45, 2.75) is 39.0 Å². The first kappa shape index (κ1) is 24.0. The van der Waals surface area contributed by atoms with Crippen molar-refractivity contribution < 1.29 is 8.78 Å². The topological polar surface area (TPSA) is 52.7 Å². The van der Waals surface area contributed by atoms with E-state index in [1.54, 1.807) is 6.20 Å². The van der Waals surface area contributed by atoms with Crippen LogP contribution in [0.1, 0.15) is 44.6 Å². The van der Waals surface area contributed by atoms with Crippen molar-refractivity contribution in [1.29, 1.82) is 0 Å². The molecule has 1 aliphatic heterocycles. The van der Waals surface area contributed by atoms with Crippen molar-refractivity contribution in [3.63, 3.8) is 0 Å². The molecular weight excluding hydrogens is 408 g/mol. The molecule has 1 heterocycles. The molecule has 1 saturated heterocycles. The SMILES string of the molecule is C=N/C=C(\C=N/CC/N=C\CCN=C)C1CC1c1cc(F)c(F)c(N2CCC(C)(C)C2)c1. The number of benzene rings is 1. The van der Waals surface area contributed by atoms with Gasteiger partial charge in [-0.1, -0.05) is 13.8 Å². The number of hydrogen-bond acceptors (Lipinski definition) is 5. The Morgan fingerprint density at radius 1 is 1.19 bits per heavy atom. The van der Waals surface area contributed by atoms with Crippen LogP contribution in [0.4, 0.5) is 14.5 Å². The van der Waals surface area contributed by atoms with E-state index in [0.717, 1.165) is 43.5 Å². The summed E-state index contributed by atoms with van der Waals surface area (Å²) in [7, 11) is 0. The summed E-state index contributed by atoms with van der Waals surface area (Å²) in [5.74, 6) is -1.22. The Morgan fingerprint density at radius 3 is 2.66 bits per heavy atom. The largest absolute Gasteiger partial charge is 0.369 e. The zero-order chi connectivity index (χ0) is 23.1. The van der Waals surface area contributed by atoms with Gasteiger partial charge in [0.1, 0.15) is 0 Å². The number of nitrogens with zero attached hydrogens (tertiary/aromatic N) is 5. The highest BCUT2D eigenvalue weighted by atomic mass is 19.2. The lowest BCUT2D eigenvalue weighted by Gasteiger charge is -2.23. The van der Waals surface area contributed by atoms with Gasteiger partial charge < -0.3 is 9.89 Å². The Morgan fingerprint density at radius 2 is 1.97 bits per heavy atom. The fourth-order valence-corrected chi connectivity index (χ4v) is 4.24. The third kappa shape index (κ3) is 6.17. The zero-order valence-electron chi connectivity index (χ0n) is 19.1. The Bertz CT molecular complexity index is 919. The second-order valence-electron chi connectivity index (χ2n) is 9.29. The van der Waals surface area contributed by atoms with Crippen LogP contribution in [0.15, 0.2) is 43.9 Å². The van der Waals surface area contributed by atoms with Crippen LogP contribution in [0, 0.1) is 23.0 Å². The van der Waals surface area contributed by atoms with E-state index in [2.05, 4.69) is 47.3 Å². The molecule has 1 aromatic rings. The molecule has 0 bridgehead atoms. The molecule has 0 N–H and O–H groups in total. The zero-order valence-corrected chi connectivity index (χ0v) is 19.1. The lowest BCUT2D eigenvalue weighted by molar-refractivity contribution is 0.417. The molecule has 0 amide bonds. The number of rotatable bonds is 11. The molecule has 0 radical (unpaired) electrons. The van der Waals surface area contributed by atoms with Gasteiger partial charge in [0.2, 0.25) is 0 Å². The van der Waals surface area contributed by atoms with E-state index < -0.39 is 11.6 Å². The molecule has 172 valence electrons. The summed E-state index contributed by atoms with van der Waals surface area (Å²) >= 11 is 0. The normalized spacial score (nSPS) is 22.8. The average Bonchev–Trinajstić information content (AvgIpc) is 3.47. The van der Waals surface area contributed by atoms with Crippen LogP contribution in [0.2, 0.25) is 0 Å². The summed E-state index contributed by atoms with van der Waals surface area (Å²) in [5, 5.41) is 0. The van der Waals surface area contributed by atoms with Crippen LogP contribution in [-0.2, 0) is 0 Å². The minimum Gasteiger partial charge on any atom is -0.369 e. The third-order valence-corrected chi connectivity index (χ3v) is 6.08. The average molecular weight is 442 g/mol. The second kappa shape index (κ2) is 10.7. The van der Waals surface area contributed by atoms with E-state index in [1.165, 1.54) is 6.07 Å². The van der Waals surface area contributed by atoms with Crippen molar-refractivity contribution in [1.82, 2.24) is 0 Å². The molecular formula is C25H33F2N5. The molecule has 2 aliphatic rings. The fraction of sp³-hybridized carbons (Fsp3) is 0.520. The Kier molecular flexibility index (Phi) is 8.04. The van der Waals surface area contributed by atoms with E-state index in [1.807, 2.05) is 23.4 Å². The molecule has 32 heavy (non-hydrogen) atoms. The fourth-order valence-electron chi connectivity index (χ4n) is 4.24. The number of halogens is 2.